The van der Waals surface area contributed by atoms with Crippen LogP contribution in [0.2, 0.25) is 0 Å². The van der Waals surface area contributed by atoms with Gasteiger partial charge in [-0.3, -0.25) is 4.68 Å². The van der Waals surface area contributed by atoms with E-state index in [2.05, 4.69) is 22.2 Å². The Balaban J connectivity index is 1.93. The molecule has 1 aliphatic carbocycles. The van der Waals surface area contributed by atoms with Crippen LogP contribution in [0.1, 0.15) is 18.5 Å². The number of hydrogen-bond donors (Lipinski definition) is 1. The molecule has 0 aromatic carbocycles. The maximum Gasteiger partial charge on any atom is 0.150 e. The Kier molecular flexibility index (Phi) is 1.90. The zero-order chi connectivity index (χ0) is 10.4. The fourth-order valence-corrected chi connectivity index (χ4v) is 2.43. The van der Waals surface area contributed by atoms with Gasteiger partial charge in [0.1, 0.15) is 5.69 Å². The molecule has 4 heteroatoms. The van der Waals surface area contributed by atoms with Crippen LogP contribution in [0.4, 0.5) is 11.5 Å². The summed E-state index contributed by atoms with van der Waals surface area (Å²) in [5, 5.41) is 7.93. The summed E-state index contributed by atoms with van der Waals surface area (Å²) in [4.78, 5) is 2.49. The molecule has 1 aliphatic heterocycles. The Bertz CT molecular complexity index is 378. The van der Waals surface area contributed by atoms with E-state index in [-0.39, 0.29) is 0 Å². The molecule has 2 heterocycles. The Morgan fingerprint density at radius 3 is 3.00 bits per heavy atom. The molecule has 3 rings (SSSR count). The molecule has 4 nitrogen and oxygen atoms in total. The van der Waals surface area contributed by atoms with Crippen molar-refractivity contribution in [1.29, 1.82) is 0 Å². The van der Waals surface area contributed by atoms with Crippen molar-refractivity contribution >= 4 is 11.5 Å². The van der Waals surface area contributed by atoms with Crippen molar-refractivity contribution in [3.8, 4) is 0 Å². The van der Waals surface area contributed by atoms with Gasteiger partial charge in [-0.1, -0.05) is 0 Å². The lowest BCUT2D eigenvalue weighted by atomic mass is 10.2. The maximum atomic E-state index is 4.48. The third kappa shape index (κ3) is 1.48. The highest BCUT2D eigenvalue weighted by atomic mass is 15.4. The second-order valence-corrected chi connectivity index (χ2v) is 4.72. The van der Waals surface area contributed by atoms with Gasteiger partial charge >= 0.3 is 0 Å². The van der Waals surface area contributed by atoms with E-state index in [4.69, 9.17) is 0 Å². The van der Waals surface area contributed by atoms with Gasteiger partial charge < -0.3 is 10.2 Å². The van der Waals surface area contributed by atoms with Crippen LogP contribution in [0.5, 0.6) is 0 Å². The highest BCUT2D eigenvalue weighted by Gasteiger charge is 2.29. The van der Waals surface area contributed by atoms with E-state index >= 15 is 0 Å². The highest BCUT2D eigenvalue weighted by molar-refractivity contribution is 5.71. The van der Waals surface area contributed by atoms with Crippen LogP contribution in [0, 0.1) is 12.8 Å². The van der Waals surface area contributed by atoms with E-state index in [0.29, 0.717) is 0 Å². The molecule has 1 fully saturated rings. The quantitative estimate of drug-likeness (QED) is 0.793. The van der Waals surface area contributed by atoms with Gasteiger partial charge in [-0.15, -0.1) is 0 Å². The lowest BCUT2D eigenvalue weighted by Gasteiger charge is -2.30. The van der Waals surface area contributed by atoms with Gasteiger partial charge in [0, 0.05) is 26.7 Å². The topological polar surface area (TPSA) is 33.1 Å². The highest BCUT2D eigenvalue weighted by Crippen LogP contribution is 2.36. The number of anilines is 2. The second kappa shape index (κ2) is 3.15. The largest absolute Gasteiger partial charge is 0.379 e. The number of fused-ring (bicyclic) bond motifs is 1. The summed E-state index contributed by atoms with van der Waals surface area (Å²) in [5.74, 6) is 2.22. The van der Waals surface area contributed by atoms with Crippen molar-refractivity contribution in [2.75, 3.05) is 29.9 Å². The van der Waals surface area contributed by atoms with Crippen molar-refractivity contribution in [2.45, 2.75) is 19.8 Å². The first-order chi connectivity index (χ1) is 7.25. The molecule has 1 saturated carbocycles. The minimum atomic E-state index is 0.936. The molecule has 82 valence electrons. The molecule has 0 saturated heterocycles. The third-order valence-corrected chi connectivity index (χ3v) is 3.35. The van der Waals surface area contributed by atoms with E-state index in [1.165, 1.54) is 30.9 Å². The molecular formula is C11H18N4. The molecule has 1 N–H and O–H groups in total. The lowest BCUT2D eigenvalue weighted by molar-refractivity contribution is 0.665. The molecule has 1 aromatic rings. The standard InChI is InChI=1S/C11H18N4/c1-8-10-11(14(2)13-8)15(6-5-12-10)7-9-3-4-9/h9,12H,3-7H2,1-2H3. The van der Waals surface area contributed by atoms with Crippen LogP contribution in [-0.4, -0.2) is 29.4 Å². The zero-order valence-corrected chi connectivity index (χ0v) is 9.45. The minimum absolute atomic E-state index is 0.936. The monoisotopic (exact) mass is 206 g/mol. The Hall–Kier alpha value is -1.19. The van der Waals surface area contributed by atoms with Crippen LogP contribution >= 0.6 is 0 Å². The fraction of sp³-hybridized carbons (Fsp3) is 0.727. The number of hydrogen-bond acceptors (Lipinski definition) is 3. The average Bonchev–Trinajstić information content (AvgIpc) is 2.96. The van der Waals surface area contributed by atoms with E-state index in [1.54, 1.807) is 0 Å². The maximum absolute atomic E-state index is 4.48. The SMILES string of the molecule is Cc1nn(C)c2c1NCCN2CC1CC1. The summed E-state index contributed by atoms with van der Waals surface area (Å²) in [7, 11) is 2.04. The smallest absolute Gasteiger partial charge is 0.150 e. The Morgan fingerprint density at radius 2 is 2.27 bits per heavy atom. The van der Waals surface area contributed by atoms with E-state index in [1.807, 2.05) is 11.7 Å². The molecule has 1 aromatic heterocycles. The third-order valence-electron chi connectivity index (χ3n) is 3.35. The van der Waals surface area contributed by atoms with Gasteiger partial charge in [0.05, 0.1) is 5.69 Å². The molecule has 0 bridgehead atoms. The molecule has 0 radical (unpaired) electrons. The lowest BCUT2D eigenvalue weighted by Crippen LogP contribution is -2.36. The minimum Gasteiger partial charge on any atom is -0.379 e. The molecule has 2 aliphatic rings. The normalized spacial score (nSPS) is 20.0. The van der Waals surface area contributed by atoms with Gasteiger partial charge in [0.2, 0.25) is 0 Å². The van der Waals surface area contributed by atoms with Gasteiger partial charge in [-0.05, 0) is 25.7 Å². The predicted octanol–water partition coefficient (Wildman–Crippen LogP) is 1.37. The van der Waals surface area contributed by atoms with Crippen LogP contribution < -0.4 is 10.2 Å². The predicted molar refractivity (Wildman–Crippen MR) is 61.4 cm³/mol. The molecule has 0 atom stereocenters. The van der Waals surface area contributed by atoms with Crippen LogP contribution in [0.15, 0.2) is 0 Å². The molecule has 0 unspecified atom stereocenters. The number of nitrogens with zero attached hydrogens (tertiary/aromatic N) is 3. The fourth-order valence-electron chi connectivity index (χ4n) is 2.43. The van der Waals surface area contributed by atoms with E-state index in [9.17, 15) is 0 Å². The first kappa shape index (κ1) is 9.07. The van der Waals surface area contributed by atoms with Crippen LogP contribution in [0.3, 0.4) is 0 Å². The number of aryl methyl sites for hydroxylation is 2. The number of nitrogens with one attached hydrogen (secondary N) is 1. The van der Waals surface area contributed by atoms with Crippen molar-refractivity contribution < 1.29 is 0 Å². The number of aromatic nitrogens is 2. The van der Waals surface area contributed by atoms with E-state index < -0.39 is 0 Å². The number of rotatable bonds is 2. The van der Waals surface area contributed by atoms with E-state index in [0.717, 1.165) is 24.7 Å². The summed E-state index contributed by atoms with van der Waals surface area (Å²) in [6.07, 6.45) is 2.83. The molecule has 0 amide bonds. The van der Waals surface area contributed by atoms with Crippen molar-refractivity contribution in [2.24, 2.45) is 13.0 Å². The van der Waals surface area contributed by atoms with Gasteiger partial charge in [-0.25, -0.2) is 0 Å². The molecular weight excluding hydrogens is 188 g/mol. The van der Waals surface area contributed by atoms with Gasteiger partial charge in [0.15, 0.2) is 5.82 Å². The molecule has 0 spiro atoms. The van der Waals surface area contributed by atoms with Crippen molar-refractivity contribution in [1.82, 2.24) is 9.78 Å². The second-order valence-electron chi connectivity index (χ2n) is 4.72. The zero-order valence-electron chi connectivity index (χ0n) is 9.45. The van der Waals surface area contributed by atoms with Crippen molar-refractivity contribution in [3.05, 3.63) is 5.69 Å². The first-order valence-corrected chi connectivity index (χ1v) is 5.78. The summed E-state index contributed by atoms with van der Waals surface area (Å²) in [6.45, 7) is 5.45. The first-order valence-electron chi connectivity index (χ1n) is 5.78. The van der Waals surface area contributed by atoms with Crippen LogP contribution in [-0.2, 0) is 7.05 Å². The molecule has 15 heavy (non-hydrogen) atoms. The van der Waals surface area contributed by atoms with Gasteiger partial charge in [-0.2, -0.15) is 5.10 Å². The average molecular weight is 206 g/mol. The summed E-state index contributed by atoms with van der Waals surface area (Å²) < 4.78 is 2.01. The summed E-state index contributed by atoms with van der Waals surface area (Å²) in [6, 6.07) is 0. The van der Waals surface area contributed by atoms with Gasteiger partial charge in [0.25, 0.3) is 0 Å². The Morgan fingerprint density at radius 1 is 1.47 bits per heavy atom. The van der Waals surface area contributed by atoms with Crippen LogP contribution in [0.25, 0.3) is 0 Å². The summed E-state index contributed by atoms with van der Waals surface area (Å²) >= 11 is 0. The Labute approximate surface area is 90.3 Å². The summed E-state index contributed by atoms with van der Waals surface area (Å²) in [5.41, 5.74) is 2.36. The van der Waals surface area contributed by atoms with Crippen molar-refractivity contribution in [3.63, 3.8) is 0 Å².